The van der Waals surface area contributed by atoms with E-state index in [2.05, 4.69) is 46.9 Å². The highest BCUT2D eigenvalue weighted by Crippen LogP contribution is 2.21. The van der Waals surface area contributed by atoms with E-state index in [1.54, 1.807) is 25.3 Å². The fraction of sp³-hybridized carbons (Fsp3) is 0.476. The van der Waals surface area contributed by atoms with Crippen molar-refractivity contribution in [3.63, 3.8) is 0 Å². The minimum Gasteiger partial charge on any atom is -0.466 e. The van der Waals surface area contributed by atoms with Crippen molar-refractivity contribution in [1.82, 2.24) is 10.6 Å². The molecular formula is C21H32N4O2. The molecule has 2 atom stereocenters. The van der Waals surface area contributed by atoms with Gasteiger partial charge < -0.3 is 25.5 Å². The summed E-state index contributed by atoms with van der Waals surface area (Å²) >= 11 is 0. The van der Waals surface area contributed by atoms with Crippen LogP contribution in [0.1, 0.15) is 33.5 Å². The zero-order chi connectivity index (χ0) is 19.7. The Labute approximate surface area is 162 Å². The summed E-state index contributed by atoms with van der Waals surface area (Å²) in [5.41, 5.74) is -0.0494. The number of hydrogen-bond acceptors (Lipinski definition) is 4. The van der Waals surface area contributed by atoms with Crippen LogP contribution in [0, 0.1) is 5.92 Å². The Morgan fingerprint density at radius 1 is 1.15 bits per heavy atom. The highest BCUT2D eigenvalue weighted by Gasteiger charge is 2.26. The molecule has 1 aromatic carbocycles. The summed E-state index contributed by atoms with van der Waals surface area (Å²) in [5.74, 6) is 1.62. The molecule has 2 rings (SSSR count). The maximum Gasteiger partial charge on any atom is 0.191 e. The Hall–Kier alpha value is -2.47. The summed E-state index contributed by atoms with van der Waals surface area (Å²) < 4.78 is 5.32. The van der Waals surface area contributed by atoms with Crippen molar-refractivity contribution in [2.45, 2.75) is 39.3 Å². The minimum atomic E-state index is -1.15. The van der Waals surface area contributed by atoms with E-state index >= 15 is 0 Å². The maximum absolute atomic E-state index is 10.6. The van der Waals surface area contributed by atoms with Gasteiger partial charge in [0, 0.05) is 24.8 Å². The van der Waals surface area contributed by atoms with E-state index in [1.165, 1.54) is 0 Å². The van der Waals surface area contributed by atoms with Crippen LogP contribution < -0.4 is 16.0 Å². The topological polar surface area (TPSA) is 81.8 Å². The third kappa shape index (κ3) is 6.64. The van der Waals surface area contributed by atoms with Crippen LogP contribution in [0.25, 0.3) is 0 Å². The number of aliphatic imine (C=N–C) groups is 1. The highest BCUT2D eigenvalue weighted by atomic mass is 16.4. The molecule has 2 unspecified atom stereocenters. The van der Waals surface area contributed by atoms with Gasteiger partial charge in [-0.1, -0.05) is 32.0 Å². The summed E-state index contributed by atoms with van der Waals surface area (Å²) in [6.07, 6.45) is 1.56. The first kappa shape index (κ1) is 20.8. The number of rotatable bonds is 9. The normalized spacial score (nSPS) is 15.3. The lowest BCUT2D eigenvalue weighted by molar-refractivity contribution is 0.0437. The Morgan fingerprint density at radius 2 is 1.89 bits per heavy atom. The standard InChI is InChI=1S/C21H32N4O2/c1-5-22-20(24-15-21(4,26)19-12-9-13-27-19)23-14-18(16(2)3)25-17-10-7-6-8-11-17/h6-13,16,18,25-26H,5,14-15H2,1-4H3,(H2,22,23,24). The second-order valence-electron chi connectivity index (χ2n) is 7.19. The quantitative estimate of drug-likeness (QED) is 0.401. The molecule has 0 aliphatic rings. The van der Waals surface area contributed by atoms with Crippen LogP contribution in [0.5, 0.6) is 0 Å². The number of guanidine groups is 1. The number of nitrogens with one attached hydrogen (secondary N) is 3. The van der Waals surface area contributed by atoms with Crippen molar-refractivity contribution in [3.8, 4) is 0 Å². The summed E-state index contributed by atoms with van der Waals surface area (Å²) in [5, 5.41) is 20.7. The molecular weight excluding hydrogens is 340 g/mol. The first-order chi connectivity index (χ1) is 12.9. The molecule has 4 N–H and O–H groups in total. The second-order valence-corrected chi connectivity index (χ2v) is 7.19. The van der Waals surface area contributed by atoms with Crippen LogP contribution in [-0.4, -0.2) is 36.7 Å². The van der Waals surface area contributed by atoms with Crippen LogP contribution >= 0.6 is 0 Å². The number of anilines is 1. The molecule has 6 heteroatoms. The Morgan fingerprint density at radius 3 is 2.48 bits per heavy atom. The van der Waals surface area contributed by atoms with Gasteiger partial charge in [-0.05, 0) is 44.0 Å². The largest absolute Gasteiger partial charge is 0.466 e. The molecule has 0 aliphatic carbocycles. The smallest absolute Gasteiger partial charge is 0.191 e. The van der Waals surface area contributed by atoms with Gasteiger partial charge in [0.1, 0.15) is 11.4 Å². The molecule has 2 aromatic rings. The monoisotopic (exact) mass is 372 g/mol. The van der Waals surface area contributed by atoms with E-state index in [4.69, 9.17) is 4.42 Å². The molecule has 1 aromatic heterocycles. The number of benzene rings is 1. The lowest BCUT2D eigenvalue weighted by Gasteiger charge is -2.25. The van der Waals surface area contributed by atoms with Crippen LogP contribution in [0.2, 0.25) is 0 Å². The predicted octanol–water partition coefficient (Wildman–Crippen LogP) is 3.18. The molecule has 6 nitrogen and oxygen atoms in total. The maximum atomic E-state index is 10.6. The Bertz CT molecular complexity index is 681. The van der Waals surface area contributed by atoms with Crippen LogP contribution in [0.15, 0.2) is 58.1 Å². The fourth-order valence-corrected chi connectivity index (χ4v) is 2.65. The van der Waals surface area contributed by atoms with Gasteiger partial charge >= 0.3 is 0 Å². The molecule has 0 fully saturated rings. The highest BCUT2D eigenvalue weighted by molar-refractivity contribution is 5.79. The predicted molar refractivity (Wildman–Crippen MR) is 111 cm³/mol. The fourth-order valence-electron chi connectivity index (χ4n) is 2.65. The van der Waals surface area contributed by atoms with Crippen molar-refractivity contribution in [2.24, 2.45) is 10.9 Å². The third-order valence-electron chi connectivity index (χ3n) is 4.36. The SMILES string of the molecule is CCNC(=NCC(C)(O)c1ccco1)NCC(Nc1ccccc1)C(C)C. The average molecular weight is 373 g/mol. The molecule has 27 heavy (non-hydrogen) atoms. The van der Waals surface area contributed by atoms with Gasteiger partial charge in [0.15, 0.2) is 5.96 Å². The second kappa shape index (κ2) is 10.0. The molecule has 0 saturated carbocycles. The van der Waals surface area contributed by atoms with Gasteiger partial charge in [0.05, 0.1) is 12.8 Å². The van der Waals surface area contributed by atoms with Crippen molar-refractivity contribution < 1.29 is 9.52 Å². The molecule has 1 heterocycles. The summed E-state index contributed by atoms with van der Waals surface area (Å²) in [6.45, 7) is 9.75. The summed E-state index contributed by atoms with van der Waals surface area (Å²) in [6, 6.07) is 13.9. The van der Waals surface area contributed by atoms with E-state index in [9.17, 15) is 5.11 Å². The van der Waals surface area contributed by atoms with E-state index in [1.807, 2.05) is 25.1 Å². The van der Waals surface area contributed by atoms with E-state index in [-0.39, 0.29) is 12.6 Å². The zero-order valence-electron chi connectivity index (χ0n) is 16.7. The molecule has 0 aliphatic heterocycles. The van der Waals surface area contributed by atoms with E-state index in [0.29, 0.717) is 24.2 Å². The van der Waals surface area contributed by atoms with Gasteiger partial charge in [-0.3, -0.25) is 0 Å². The minimum absolute atomic E-state index is 0.203. The molecule has 0 spiro atoms. The average Bonchev–Trinajstić information content (AvgIpc) is 3.19. The molecule has 148 valence electrons. The van der Waals surface area contributed by atoms with Crippen molar-refractivity contribution in [1.29, 1.82) is 0 Å². The van der Waals surface area contributed by atoms with Crippen LogP contribution in [0.4, 0.5) is 5.69 Å². The lowest BCUT2D eigenvalue weighted by atomic mass is 10.0. The molecule has 0 radical (unpaired) electrons. The molecule has 0 bridgehead atoms. The van der Waals surface area contributed by atoms with Crippen molar-refractivity contribution in [3.05, 3.63) is 54.5 Å². The van der Waals surface area contributed by atoms with Gasteiger partial charge in [-0.25, -0.2) is 4.99 Å². The first-order valence-corrected chi connectivity index (χ1v) is 9.52. The van der Waals surface area contributed by atoms with E-state index < -0.39 is 5.60 Å². The summed E-state index contributed by atoms with van der Waals surface area (Å²) in [7, 11) is 0. The lowest BCUT2D eigenvalue weighted by Crippen LogP contribution is -2.45. The van der Waals surface area contributed by atoms with Crippen molar-refractivity contribution in [2.75, 3.05) is 25.0 Å². The van der Waals surface area contributed by atoms with Gasteiger partial charge in [0.2, 0.25) is 0 Å². The third-order valence-corrected chi connectivity index (χ3v) is 4.36. The summed E-state index contributed by atoms with van der Waals surface area (Å²) in [4.78, 5) is 4.54. The van der Waals surface area contributed by atoms with E-state index in [0.717, 1.165) is 12.2 Å². The zero-order valence-corrected chi connectivity index (χ0v) is 16.7. The Kier molecular flexibility index (Phi) is 7.73. The Balaban J connectivity index is 1.98. The number of para-hydroxylation sites is 1. The van der Waals surface area contributed by atoms with Crippen molar-refractivity contribution >= 4 is 11.6 Å². The van der Waals surface area contributed by atoms with Crippen LogP contribution in [0.3, 0.4) is 0 Å². The van der Waals surface area contributed by atoms with Gasteiger partial charge in [-0.15, -0.1) is 0 Å². The number of nitrogens with zero attached hydrogens (tertiary/aromatic N) is 1. The first-order valence-electron chi connectivity index (χ1n) is 9.52. The number of aliphatic hydroxyl groups is 1. The molecule has 0 saturated heterocycles. The number of hydrogen-bond donors (Lipinski definition) is 4. The molecule has 0 amide bonds. The van der Waals surface area contributed by atoms with Crippen LogP contribution in [-0.2, 0) is 5.60 Å². The number of furan rings is 1. The van der Waals surface area contributed by atoms with Gasteiger partial charge in [0.25, 0.3) is 0 Å². The van der Waals surface area contributed by atoms with Gasteiger partial charge in [-0.2, -0.15) is 0 Å².